The van der Waals surface area contributed by atoms with E-state index in [0.29, 0.717) is 24.2 Å². The summed E-state index contributed by atoms with van der Waals surface area (Å²) in [6.45, 7) is 4.71. The van der Waals surface area contributed by atoms with Crippen LogP contribution in [0.15, 0.2) is 60.9 Å². The molecule has 1 aliphatic rings. The zero-order valence-electron chi connectivity index (χ0n) is 22.2. The van der Waals surface area contributed by atoms with Gasteiger partial charge >= 0.3 is 6.18 Å². The smallest absolute Gasteiger partial charge is 0.370 e. The first-order chi connectivity index (χ1) is 18.5. The van der Waals surface area contributed by atoms with Gasteiger partial charge in [0.15, 0.2) is 0 Å². The molecule has 4 rings (SSSR count). The summed E-state index contributed by atoms with van der Waals surface area (Å²) in [5.74, 6) is -0.497. The van der Waals surface area contributed by atoms with Crippen LogP contribution < -0.4 is 15.5 Å². The lowest BCUT2D eigenvalue weighted by atomic mass is 9.92. The molecule has 2 amide bonds. The van der Waals surface area contributed by atoms with E-state index >= 15 is 0 Å². The van der Waals surface area contributed by atoms with Crippen molar-refractivity contribution < 1.29 is 22.8 Å². The number of benzene rings is 2. The fraction of sp³-hybridized carbons (Fsp3) is 0.345. The van der Waals surface area contributed by atoms with E-state index in [9.17, 15) is 22.8 Å². The minimum Gasteiger partial charge on any atom is -0.370 e. The van der Waals surface area contributed by atoms with E-state index in [-0.39, 0.29) is 17.5 Å². The number of hydrogen-bond donors (Lipinski definition) is 2. The second kappa shape index (κ2) is 11.9. The number of pyridine rings is 1. The molecule has 2 heterocycles. The van der Waals surface area contributed by atoms with E-state index < -0.39 is 17.6 Å². The molecule has 0 saturated carbocycles. The SMILES string of the molecule is Cc1ccc(C(=O)Nc2cccc(C(F)(F)F)c2)cc1[C@@H]1CCN(c2cncc(C(=O)NCCN(C)C)c2)C1. The number of anilines is 2. The highest BCUT2D eigenvalue weighted by Gasteiger charge is 2.31. The third-order valence-electron chi connectivity index (χ3n) is 6.81. The van der Waals surface area contributed by atoms with Crippen LogP contribution in [0, 0.1) is 6.92 Å². The molecule has 3 aromatic rings. The summed E-state index contributed by atoms with van der Waals surface area (Å²) >= 11 is 0. The maximum absolute atomic E-state index is 13.0. The molecule has 7 nitrogen and oxygen atoms in total. The fourth-order valence-corrected chi connectivity index (χ4v) is 4.67. The van der Waals surface area contributed by atoms with Gasteiger partial charge in [-0.2, -0.15) is 13.2 Å². The van der Waals surface area contributed by atoms with Crippen LogP contribution in [0.2, 0.25) is 0 Å². The minimum atomic E-state index is -4.49. The third-order valence-corrected chi connectivity index (χ3v) is 6.81. The van der Waals surface area contributed by atoms with Crippen LogP contribution in [0.4, 0.5) is 24.5 Å². The summed E-state index contributed by atoms with van der Waals surface area (Å²) in [5.41, 5.74) is 3.05. The van der Waals surface area contributed by atoms with Gasteiger partial charge in [-0.25, -0.2) is 0 Å². The zero-order valence-corrected chi connectivity index (χ0v) is 22.2. The van der Waals surface area contributed by atoms with E-state index in [2.05, 4.69) is 20.5 Å². The highest BCUT2D eigenvalue weighted by Crippen LogP contribution is 2.34. The third kappa shape index (κ3) is 7.14. The average molecular weight is 540 g/mol. The number of hydrogen-bond acceptors (Lipinski definition) is 5. The Labute approximate surface area is 226 Å². The van der Waals surface area contributed by atoms with Gasteiger partial charge < -0.3 is 20.4 Å². The summed E-state index contributed by atoms with van der Waals surface area (Å²) < 4.78 is 39.1. The molecule has 1 atom stereocenters. The summed E-state index contributed by atoms with van der Waals surface area (Å²) in [7, 11) is 3.89. The number of carbonyl (C=O) groups excluding carboxylic acids is 2. The van der Waals surface area contributed by atoms with Gasteiger partial charge in [0.05, 0.1) is 23.0 Å². The number of nitrogens with one attached hydrogen (secondary N) is 2. The first-order valence-corrected chi connectivity index (χ1v) is 12.7. The molecule has 1 fully saturated rings. The highest BCUT2D eigenvalue weighted by atomic mass is 19.4. The first-order valence-electron chi connectivity index (χ1n) is 12.7. The normalized spacial score (nSPS) is 15.5. The standard InChI is InChI=1S/C29H32F3N5O2/c1-19-7-8-20(28(39)35-24-6-4-5-23(15-24)29(30,31)32)14-26(19)21-9-11-37(18-21)25-13-22(16-33-17-25)27(38)34-10-12-36(2)3/h4-8,13-17,21H,9-12,18H2,1-3H3,(H,34,38)(H,35,39)/t21-/m1/s1. The van der Waals surface area contributed by atoms with Crippen LogP contribution in [-0.2, 0) is 6.18 Å². The van der Waals surface area contributed by atoms with Gasteiger partial charge in [0.1, 0.15) is 0 Å². The van der Waals surface area contributed by atoms with E-state index in [0.717, 1.165) is 48.5 Å². The first kappa shape index (κ1) is 28.1. The van der Waals surface area contributed by atoms with Gasteiger partial charge in [-0.05, 0) is 75.0 Å². The van der Waals surface area contributed by atoms with E-state index in [4.69, 9.17) is 0 Å². The van der Waals surface area contributed by atoms with Crippen LogP contribution in [0.25, 0.3) is 0 Å². The van der Waals surface area contributed by atoms with Crippen molar-refractivity contribution in [1.29, 1.82) is 0 Å². The Bertz CT molecular complexity index is 1340. The number of aryl methyl sites for hydroxylation is 1. The lowest BCUT2D eigenvalue weighted by molar-refractivity contribution is -0.137. The molecule has 1 saturated heterocycles. The lowest BCUT2D eigenvalue weighted by Crippen LogP contribution is -2.31. The number of alkyl halides is 3. The summed E-state index contributed by atoms with van der Waals surface area (Å²) in [5, 5.41) is 5.48. The quantitative estimate of drug-likeness (QED) is 0.424. The zero-order chi connectivity index (χ0) is 28.2. The Morgan fingerprint density at radius 3 is 2.59 bits per heavy atom. The molecule has 0 unspecified atom stereocenters. The maximum Gasteiger partial charge on any atom is 0.416 e. The van der Waals surface area contributed by atoms with Gasteiger partial charge in [-0.15, -0.1) is 0 Å². The van der Waals surface area contributed by atoms with Crippen molar-refractivity contribution in [3.8, 4) is 0 Å². The van der Waals surface area contributed by atoms with Crippen molar-refractivity contribution in [2.75, 3.05) is 50.5 Å². The Morgan fingerprint density at radius 1 is 1.05 bits per heavy atom. The van der Waals surface area contributed by atoms with Crippen molar-refractivity contribution in [1.82, 2.24) is 15.2 Å². The molecule has 2 aromatic carbocycles. The van der Waals surface area contributed by atoms with Crippen molar-refractivity contribution in [2.45, 2.75) is 25.4 Å². The molecule has 2 N–H and O–H groups in total. The Hall–Kier alpha value is -3.92. The fourth-order valence-electron chi connectivity index (χ4n) is 4.67. The van der Waals surface area contributed by atoms with Gasteiger partial charge in [0, 0.05) is 49.5 Å². The van der Waals surface area contributed by atoms with Gasteiger partial charge in [0.2, 0.25) is 0 Å². The van der Waals surface area contributed by atoms with Gasteiger partial charge in [0.25, 0.3) is 11.8 Å². The lowest BCUT2D eigenvalue weighted by Gasteiger charge is -2.20. The van der Waals surface area contributed by atoms with Crippen molar-refractivity contribution >= 4 is 23.2 Å². The summed E-state index contributed by atoms with van der Waals surface area (Å²) in [6.07, 6.45) is -0.348. The molecule has 39 heavy (non-hydrogen) atoms. The number of aromatic nitrogens is 1. The van der Waals surface area contributed by atoms with Gasteiger partial charge in [-0.3, -0.25) is 14.6 Å². The Morgan fingerprint density at radius 2 is 1.85 bits per heavy atom. The summed E-state index contributed by atoms with van der Waals surface area (Å²) in [6, 6.07) is 11.8. The average Bonchev–Trinajstić information content (AvgIpc) is 3.38. The van der Waals surface area contributed by atoms with Crippen molar-refractivity contribution in [2.24, 2.45) is 0 Å². The molecular weight excluding hydrogens is 507 g/mol. The monoisotopic (exact) mass is 539 g/mol. The van der Waals surface area contributed by atoms with E-state index in [1.54, 1.807) is 18.5 Å². The second-order valence-corrected chi connectivity index (χ2v) is 10.0. The molecule has 0 radical (unpaired) electrons. The van der Waals surface area contributed by atoms with Crippen LogP contribution in [-0.4, -0.2) is 62.0 Å². The van der Waals surface area contributed by atoms with E-state index in [1.165, 1.54) is 12.1 Å². The maximum atomic E-state index is 13.0. The Balaban J connectivity index is 1.44. The van der Waals surface area contributed by atoms with Crippen LogP contribution >= 0.6 is 0 Å². The van der Waals surface area contributed by atoms with Crippen molar-refractivity contribution in [3.63, 3.8) is 0 Å². The molecule has 10 heteroatoms. The van der Waals surface area contributed by atoms with Gasteiger partial charge in [-0.1, -0.05) is 12.1 Å². The number of carbonyl (C=O) groups is 2. The van der Waals surface area contributed by atoms with Crippen molar-refractivity contribution in [3.05, 3.63) is 88.7 Å². The predicted octanol–water partition coefficient (Wildman–Crippen LogP) is 4.95. The molecule has 206 valence electrons. The number of nitrogens with zero attached hydrogens (tertiary/aromatic N) is 3. The van der Waals surface area contributed by atoms with Crippen LogP contribution in [0.5, 0.6) is 0 Å². The predicted molar refractivity (Wildman–Crippen MR) is 145 cm³/mol. The topological polar surface area (TPSA) is 77.6 Å². The minimum absolute atomic E-state index is 0.0853. The Kier molecular flexibility index (Phi) is 8.54. The highest BCUT2D eigenvalue weighted by molar-refractivity contribution is 6.04. The number of halogens is 3. The number of amides is 2. The molecule has 0 spiro atoms. The molecular formula is C29H32F3N5O2. The van der Waals surface area contributed by atoms with Crippen LogP contribution in [0.3, 0.4) is 0 Å². The molecule has 1 aliphatic heterocycles. The number of rotatable bonds is 8. The molecule has 0 aliphatic carbocycles. The summed E-state index contributed by atoms with van der Waals surface area (Å²) in [4.78, 5) is 33.9. The number of likely N-dealkylation sites (N-methyl/N-ethyl adjacent to an activating group) is 1. The van der Waals surface area contributed by atoms with Crippen LogP contribution in [0.1, 0.15) is 49.7 Å². The second-order valence-electron chi connectivity index (χ2n) is 10.0. The van der Waals surface area contributed by atoms with E-state index in [1.807, 2.05) is 44.1 Å². The largest absolute Gasteiger partial charge is 0.416 e. The molecule has 0 bridgehead atoms. The molecule has 1 aromatic heterocycles.